The van der Waals surface area contributed by atoms with E-state index in [0.29, 0.717) is 11.3 Å². The van der Waals surface area contributed by atoms with Crippen molar-refractivity contribution in [3.8, 4) is 16.3 Å². The van der Waals surface area contributed by atoms with Gasteiger partial charge in [0.15, 0.2) is 12.2 Å². The van der Waals surface area contributed by atoms with Crippen molar-refractivity contribution in [2.75, 3.05) is 7.11 Å². The Morgan fingerprint density at radius 3 is 2.86 bits per heavy atom. The van der Waals surface area contributed by atoms with Gasteiger partial charge >= 0.3 is 0 Å². The second-order valence-electron chi connectivity index (χ2n) is 4.75. The van der Waals surface area contributed by atoms with E-state index in [-0.39, 0.29) is 12.3 Å². The predicted octanol–water partition coefficient (Wildman–Crippen LogP) is 2.99. The molecule has 4 nitrogen and oxygen atoms in total. The molecule has 0 N–H and O–H groups in total. The van der Waals surface area contributed by atoms with Gasteiger partial charge in [-0.15, -0.1) is 11.3 Å². The van der Waals surface area contributed by atoms with Gasteiger partial charge in [-0.25, -0.2) is 4.57 Å². The Balaban J connectivity index is 1.74. The molecule has 0 fully saturated rings. The molecule has 0 radical (unpaired) electrons. The van der Waals surface area contributed by atoms with Gasteiger partial charge in [-0.05, 0) is 28.6 Å². The van der Waals surface area contributed by atoms with Gasteiger partial charge in [0.2, 0.25) is 5.78 Å². The van der Waals surface area contributed by atoms with Crippen molar-refractivity contribution >= 4 is 17.1 Å². The van der Waals surface area contributed by atoms with E-state index in [1.165, 1.54) is 0 Å². The molecule has 0 saturated heterocycles. The van der Waals surface area contributed by atoms with Gasteiger partial charge in [-0.2, -0.15) is 0 Å². The van der Waals surface area contributed by atoms with Crippen molar-refractivity contribution in [2.45, 2.75) is 6.54 Å². The van der Waals surface area contributed by atoms with Crippen LogP contribution in [0.25, 0.3) is 10.6 Å². The van der Waals surface area contributed by atoms with Gasteiger partial charge in [0.1, 0.15) is 5.75 Å². The summed E-state index contributed by atoms with van der Waals surface area (Å²) in [5, 5.41) is 2.02. The lowest BCUT2D eigenvalue weighted by Crippen LogP contribution is -2.37. The number of ketones is 1. The first-order valence-electron chi connectivity index (χ1n) is 6.82. The Hall–Kier alpha value is -2.53. The number of rotatable bonds is 5. The molecule has 0 unspecified atom stereocenters. The van der Waals surface area contributed by atoms with Crippen LogP contribution in [-0.4, -0.2) is 17.9 Å². The number of benzene rings is 1. The number of aromatic nitrogens is 2. The Kier molecular flexibility index (Phi) is 4.25. The normalized spacial score (nSPS) is 10.4. The molecule has 0 aliphatic rings. The third-order valence-electron chi connectivity index (χ3n) is 3.26. The molecule has 110 valence electrons. The molecule has 0 atom stereocenters. The van der Waals surface area contributed by atoms with E-state index in [9.17, 15) is 4.79 Å². The minimum absolute atomic E-state index is 0.0228. The molecule has 3 rings (SSSR count). The van der Waals surface area contributed by atoms with Crippen molar-refractivity contribution in [1.82, 2.24) is 4.98 Å². The molecule has 1 aromatic carbocycles. The van der Waals surface area contributed by atoms with E-state index in [0.717, 1.165) is 10.6 Å². The zero-order chi connectivity index (χ0) is 15.4. The van der Waals surface area contributed by atoms with Crippen LogP contribution in [-0.2, 0) is 6.54 Å². The van der Waals surface area contributed by atoms with E-state index >= 15 is 0 Å². The van der Waals surface area contributed by atoms with Crippen molar-refractivity contribution in [1.29, 1.82) is 0 Å². The molecule has 0 saturated carbocycles. The first-order chi connectivity index (χ1) is 10.8. The van der Waals surface area contributed by atoms with Crippen molar-refractivity contribution in [3.63, 3.8) is 0 Å². The summed E-state index contributed by atoms with van der Waals surface area (Å²) in [4.78, 5) is 17.8. The fourth-order valence-corrected chi connectivity index (χ4v) is 2.80. The van der Waals surface area contributed by atoms with Crippen LogP contribution in [0.3, 0.4) is 0 Å². The fourth-order valence-electron chi connectivity index (χ4n) is 2.10. The number of ether oxygens (including phenoxy) is 1. The molecular formula is C17H15N2O2S+. The maximum atomic E-state index is 12.3. The summed E-state index contributed by atoms with van der Waals surface area (Å²) in [7, 11) is 1.59. The lowest BCUT2D eigenvalue weighted by molar-refractivity contribution is -0.686. The zero-order valence-electron chi connectivity index (χ0n) is 12.1. The second-order valence-corrected chi connectivity index (χ2v) is 5.70. The number of Topliss-reactive ketones (excluding diaryl/α,β-unsaturated/α-hetero) is 1. The van der Waals surface area contributed by atoms with E-state index in [4.69, 9.17) is 4.74 Å². The van der Waals surface area contributed by atoms with Gasteiger partial charge in [0.05, 0.1) is 18.2 Å². The molecule has 3 aromatic rings. The summed E-state index contributed by atoms with van der Waals surface area (Å²) in [5.41, 5.74) is 1.55. The number of hydrogen-bond acceptors (Lipinski definition) is 4. The molecule has 0 amide bonds. The third kappa shape index (κ3) is 3.20. The first kappa shape index (κ1) is 14.4. The van der Waals surface area contributed by atoms with Gasteiger partial charge < -0.3 is 4.74 Å². The first-order valence-corrected chi connectivity index (χ1v) is 7.70. The zero-order valence-corrected chi connectivity index (χ0v) is 12.9. The van der Waals surface area contributed by atoms with Gasteiger partial charge in [0, 0.05) is 11.6 Å². The smallest absolute Gasteiger partial charge is 0.287 e. The number of thiophene rings is 1. The monoisotopic (exact) mass is 311 g/mol. The van der Waals surface area contributed by atoms with Crippen molar-refractivity contribution < 1.29 is 14.1 Å². The quantitative estimate of drug-likeness (QED) is 0.537. The molecular weight excluding hydrogens is 296 g/mol. The summed E-state index contributed by atoms with van der Waals surface area (Å²) in [6.45, 7) is 0.255. The minimum Gasteiger partial charge on any atom is -0.497 e. The van der Waals surface area contributed by atoms with Crippen LogP contribution < -0.4 is 9.30 Å². The number of hydrogen-bond donors (Lipinski definition) is 0. The predicted molar refractivity (Wildman–Crippen MR) is 85.1 cm³/mol. The van der Waals surface area contributed by atoms with E-state index in [2.05, 4.69) is 4.98 Å². The van der Waals surface area contributed by atoms with Gasteiger partial charge in [0.25, 0.3) is 6.33 Å². The summed E-state index contributed by atoms with van der Waals surface area (Å²) < 4.78 is 6.92. The summed E-state index contributed by atoms with van der Waals surface area (Å²) in [6.07, 6.45) is 3.56. The minimum atomic E-state index is 0.0228. The van der Waals surface area contributed by atoms with Crippen LogP contribution in [0.1, 0.15) is 10.4 Å². The third-order valence-corrected chi connectivity index (χ3v) is 4.15. The number of nitrogens with zero attached hydrogens (tertiary/aromatic N) is 2. The van der Waals surface area contributed by atoms with E-state index in [1.54, 1.807) is 41.5 Å². The van der Waals surface area contributed by atoms with Crippen LogP contribution >= 0.6 is 11.3 Å². The highest BCUT2D eigenvalue weighted by molar-refractivity contribution is 7.13. The van der Waals surface area contributed by atoms with Crippen molar-refractivity contribution in [3.05, 3.63) is 65.9 Å². The number of carbonyl (C=O) groups is 1. The molecule has 0 bridgehead atoms. The Morgan fingerprint density at radius 2 is 2.18 bits per heavy atom. The SMILES string of the molecule is COc1cccc(C(=O)C[n+]2ccc(-c3cccs3)nc2)c1. The highest BCUT2D eigenvalue weighted by Gasteiger charge is 2.12. The molecule has 5 heteroatoms. The Labute approximate surface area is 132 Å². The van der Waals surface area contributed by atoms with Crippen LogP contribution in [0.15, 0.2) is 60.4 Å². The van der Waals surface area contributed by atoms with Gasteiger partial charge in [-0.3, -0.25) is 4.79 Å². The highest BCUT2D eigenvalue weighted by Crippen LogP contribution is 2.21. The lowest BCUT2D eigenvalue weighted by Gasteiger charge is -2.03. The second kappa shape index (κ2) is 6.49. The number of carbonyl (C=O) groups excluding carboxylic acids is 1. The number of methoxy groups -OCH3 is 1. The molecule has 0 aliphatic heterocycles. The topological polar surface area (TPSA) is 43.1 Å². The largest absolute Gasteiger partial charge is 0.497 e. The molecule has 22 heavy (non-hydrogen) atoms. The standard InChI is InChI=1S/C17H15N2O2S/c1-21-14-5-2-4-13(10-14)16(20)11-19-8-7-15(18-12-19)17-6-3-9-22-17/h2-10,12H,11H2,1H3/q+1. The Morgan fingerprint density at radius 1 is 1.27 bits per heavy atom. The van der Waals surface area contributed by atoms with Crippen LogP contribution in [0.5, 0.6) is 5.75 Å². The van der Waals surface area contributed by atoms with E-state index in [1.807, 2.05) is 41.9 Å². The van der Waals surface area contributed by atoms with Crippen molar-refractivity contribution in [2.24, 2.45) is 0 Å². The summed E-state index contributed by atoms with van der Waals surface area (Å²) >= 11 is 1.64. The van der Waals surface area contributed by atoms with Gasteiger partial charge in [-0.1, -0.05) is 18.2 Å². The van der Waals surface area contributed by atoms with Crippen LogP contribution in [0.4, 0.5) is 0 Å². The fraction of sp³-hybridized carbons (Fsp3) is 0.118. The molecule has 0 spiro atoms. The van der Waals surface area contributed by atoms with Crippen LogP contribution in [0.2, 0.25) is 0 Å². The maximum absolute atomic E-state index is 12.3. The molecule has 0 aliphatic carbocycles. The maximum Gasteiger partial charge on any atom is 0.287 e. The van der Waals surface area contributed by atoms with Crippen LogP contribution in [0, 0.1) is 0 Å². The molecule has 2 heterocycles. The average molecular weight is 311 g/mol. The summed E-state index contributed by atoms with van der Waals surface area (Å²) in [5.74, 6) is 0.705. The summed E-state index contributed by atoms with van der Waals surface area (Å²) in [6, 6.07) is 13.1. The molecule has 2 aromatic heterocycles. The van der Waals surface area contributed by atoms with E-state index < -0.39 is 0 Å². The Bertz CT molecular complexity index is 768. The highest BCUT2D eigenvalue weighted by atomic mass is 32.1. The lowest BCUT2D eigenvalue weighted by atomic mass is 10.1. The average Bonchev–Trinajstić information content (AvgIpc) is 3.10.